The van der Waals surface area contributed by atoms with E-state index in [9.17, 15) is 19.8 Å². The van der Waals surface area contributed by atoms with E-state index in [1.54, 1.807) is 0 Å². The van der Waals surface area contributed by atoms with Gasteiger partial charge in [0.2, 0.25) is 11.5 Å². The highest BCUT2D eigenvalue weighted by atomic mass is 16.5. The first-order valence-electron chi connectivity index (χ1n) is 10.3. The van der Waals surface area contributed by atoms with Crippen LogP contribution in [-0.4, -0.2) is 63.6 Å². The molecule has 180 valence electrons. The van der Waals surface area contributed by atoms with Crippen molar-refractivity contribution < 1.29 is 38.7 Å². The van der Waals surface area contributed by atoms with Crippen LogP contribution in [0.5, 0.6) is 34.5 Å². The van der Waals surface area contributed by atoms with Crippen molar-refractivity contribution in [2.75, 3.05) is 41.5 Å². The van der Waals surface area contributed by atoms with E-state index in [1.165, 1.54) is 52.7 Å². The zero-order valence-electron chi connectivity index (χ0n) is 19.2. The third-order valence-electron chi connectivity index (χ3n) is 4.87. The van der Waals surface area contributed by atoms with E-state index in [0.29, 0.717) is 25.9 Å². The first kappa shape index (κ1) is 25.4. The van der Waals surface area contributed by atoms with Crippen molar-refractivity contribution in [2.45, 2.75) is 19.3 Å². The molecule has 0 saturated heterocycles. The van der Waals surface area contributed by atoms with E-state index in [-0.39, 0.29) is 57.4 Å². The predicted molar refractivity (Wildman–Crippen MR) is 121 cm³/mol. The number of hydrogen-bond acceptors (Lipinski definition) is 8. The Morgan fingerprint density at radius 2 is 1.06 bits per heavy atom. The highest BCUT2D eigenvalue weighted by Crippen LogP contribution is 2.38. The van der Waals surface area contributed by atoms with Gasteiger partial charge in [-0.05, 0) is 43.5 Å². The quantitative estimate of drug-likeness (QED) is 0.353. The monoisotopic (exact) mass is 462 g/mol. The average Bonchev–Trinajstić information content (AvgIpc) is 2.81. The Balaban J connectivity index is 1.74. The molecule has 2 aromatic carbocycles. The van der Waals surface area contributed by atoms with Crippen molar-refractivity contribution in [1.29, 1.82) is 0 Å². The molecule has 0 radical (unpaired) electrons. The van der Waals surface area contributed by atoms with Gasteiger partial charge in [0.05, 0.1) is 28.4 Å². The first-order chi connectivity index (χ1) is 15.9. The molecule has 2 aromatic rings. The first-order valence-corrected chi connectivity index (χ1v) is 10.3. The maximum Gasteiger partial charge on any atom is 0.251 e. The molecular formula is C23H30N2O8. The summed E-state index contributed by atoms with van der Waals surface area (Å²) >= 11 is 0. The van der Waals surface area contributed by atoms with Gasteiger partial charge in [0, 0.05) is 24.2 Å². The molecule has 0 aromatic heterocycles. The second kappa shape index (κ2) is 12.3. The zero-order valence-corrected chi connectivity index (χ0v) is 19.2. The van der Waals surface area contributed by atoms with Gasteiger partial charge < -0.3 is 39.8 Å². The molecule has 0 fully saturated rings. The van der Waals surface area contributed by atoms with Gasteiger partial charge in [-0.25, -0.2) is 0 Å². The summed E-state index contributed by atoms with van der Waals surface area (Å²) in [4.78, 5) is 24.6. The van der Waals surface area contributed by atoms with Crippen LogP contribution >= 0.6 is 0 Å². The van der Waals surface area contributed by atoms with Crippen molar-refractivity contribution in [3.8, 4) is 34.5 Å². The number of phenols is 2. The number of amides is 2. The van der Waals surface area contributed by atoms with Crippen molar-refractivity contribution in [3.63, 3.8) is 0 Å². The van der Waals surface area contributed by atoms with Gasteiger partial charge in [-0.2, -0.15) is 0 Å². The van der Waals surface area contributed by atoms with Crippen LogP contribution in [0.4, 0.5) is 0 Å². The lowest BCUT2D eigenvalue weighted by molar-refractivity contribution is 0.0947. The van der Waals surface area contributed by atoms with Gasteiger partial charge in [-0.3, -0.25) is 9.59 Å². The third-order valence-corrected chi connectivity index (χ3v) is 4.87. The van der Waals surface area contributed by atoms with Gasteiger partial charge >= 0.3 is 0 Å². The minimum absolute atomic E-state index is 0.166. The number of phenolic OH excluding ortho intramolecular Hbond substituents is 2. The number of unbranched alkanes of at least 4 members (excludes halogenated alkanes) is 2. The van der Waals surface area contributed by atoms with Crippen molar-refractivity contribution >= 4 is 11.8 Å². The molecular weight excluding hydrogens is 432 g/mol. The molecule has 33 heavy (non-hydrogen) atoms. The third kappa shape index (κ3) is 6.58. The fourth-order valence-electron chi connectivity index (χ4n) is 3.19. The number of nitrogens with one attached hydrogen (secondary N) is 2. The number of carbonyl (C=O) groups is 2. The van der Waals surface area contributed by atoms with Gasteiger partial charge in [-0.15, -0.1) is 0 Å². The molecule has 0 aliphatic heterocycles. The molecule has 0 bridgehead atoms. The van der Waals surface area contributed by atoms with Gasteiger partial charge in [-0.1, -0.05) is 0 Å². The molecule has 0 aliphatic rings. The molecule has 0 atom stereocenters. The SMILES string of the molecule is COc1cc(C(=O)NCCCCCNC(=O)c2cc(O)c(OC)c(OC)c2)cc(O)c1OC. The fourth-order valence-corrected chi connectivity index (χ4v) is 3.19. The Kier molecular flexibility index (Phi) is 9.46. The van der Waals surface area contributed by atoms with Crippen LogP contribution in [0.25, 0.3) is 0 Å². The molecule has 2 amide bonds. The largest absolute Gasteiger partial charge is 0.504 e. The Hall–Kier alpha value is -3.82. The van der Waals surface area contributed by atoms with E-state index in [2.05, 4.69) is 10.6 Å². The Bertz CT molecular complexity index is 900. The fraction of sp³-hybridized carbons (Fsp3) is 0.391. The van der Waals surface area contributed by atoms with Gasteiger partial charge in [0.15, 0.2) is 23.0 Å². The van der Waals surface area contributed by atoms with Crippen LogP contribution in [0, 0.1) is 0 Å². The van der Waals surface area contributed by atoms with Crippen LogP contribution in [0.15, 0.2) is 24.3 Å². The minimum Gasteiger partial charge on any atom is -0.504 e. The molecule has 0 aliphatic carbocycles. The summed E-state index contributed by atoms with van der Waals surface area (Å²) in [5.74, 6) is -0.178. The Morgan fingerprint density at radius 3 is 1.39 bits per heavy atom. The molecule has 0 unspecified atom stereocenters. The molecule has 4 N–H and O–H groups in total. The van der Waals surface area contributed by atoms with Crippen molar-refractivity contribution in [3.05, 3.63) is 35.4 Å². The smallest absolute Gasteiger partial charge is 0.251 e. The molecule has 2 rings (SSSR count). The topological polar surface area (TPSA) is 136 Å². The lowest BCUT2D eigenvalue weighted by Crippen LogP contribution is -2.26. The van der Waals surface area contributed by atoms with Crippen LogP contribution in [0.2, 0.25) is 0 Å². The molecule has 0 spiro atoms. The number of methoxy groups -OCH3 is 4. The number of hydrogen-bond donors (Lipinski definition) is 4. The summed E-state index contributed by atoms with van der Waals surface area (Å²) in [6.07, 6.45) is 2.19. The summed E-state index contributed by atoms with van der Waals surface area (Å²) in [5, 5.41) is 25.5. The van der Waals surface area contributed by atoms with E-state index < -0.39 is 0 Å². The second-order valence-corrected chi connectivity index (χ2v) is 7.03. The van der Waals surface area contributed by atoms with E-state index >= 15 is 0 Å². The molecule has 10 heteroatoms. The standard InChI is InChI=1S/C23H30N2O8/c1-30-18-12-14(10-16(26)20(18)32-3)22(28)24-8-6-5-7-9-25-23(29)15-11-17(27)21(33-4)19(13-15)31-2/h10-13,26-27H,5-9H2,1-4H3,(H,24,28)(H,25,29). The van der Waals surface area contributed by atoms with E-state index in [4.69, 9.17) is 18.9 Å². The Morgan fingerprint density at radius 1 is 0.667 bits per heavy atom. The maximum atomic E-state index is 12.3. The number of benzene rings is 2. The predicted octanol–water partition coefficient (Wildman–Crippen LogP) is 2.46. The van der Waals surface area contributed by atoms with Gasteiger partial charge in [0.1, 0.15) is 0 Å². The lowest BCUT2D eigenvalue weighted by atomic mass is 10.1. The molecule has 0 heterocycles. The van der Waals surface area contributed by atoms with Crippen LogP contribution in [0.1, 0.15) is 40.0 Å². The normalized spacial score (nSPS) is 10.3. The summed E-state index contributed by atoms with van der Waals surface area (Å²) in [6, 6.07) is 5.63. The Labute approximate surface area is 192 Å². The second-order valence-electron chi connectivity index (χ2n) is 7.03. The van der Waals surface area contributed by atoms with Crippen molar-refractivity contribution in [1.82, 2.24) is 10.6 Å². The van der Waals surface area contributed by atoms with Crippen LogP contribution < -0.4 is 29.6 Å². The van der Waals surface area contributed by atoms with Gasteiger partial charge in [0.25, 0.3) is 11.8 Å². The summed E-state index contributed by atoms with van der Waals surface area (Å²) in [6.45, 7) is 0.872. The summed E-state index contributed by atoms with van der Waals surface area (Å²) in [7, 11) is 5.64. The average molecular weight is 462 g/mol. The number of carbonyl (C=O) groups excluding carboxylic acids is 2. The van der Waals surface area contributed by atoms with Crippen molar-refractivity contribution in [2.24, 2.45) is 0 Å². The zero-order chi connectivity index (χ0) is 24.4. The number of rotatable bonds is 12. The van der Waals surface area contributed by atoms with Crippen LogP contribution in [0.3, 0.4) is 0 Å². The summed E-state index contributed by atoms with van der Waals surface area (Å²) in [5.41, 5.74) is 0.520. The molecule has 10 nitrogen and oxygen atoms in total. The summed E-state index contributed by atoms with van der Waals surface area (Å²) < 4.78 is 20.4. The highest BCUT2D eigenvalue weighted by Gasteiger charge is 2.16. The lowest BCUT2D eigenvalue weighted by Gasteiger charge is -2.12. The number of ether oxygens (including phenoxy) is 4. The van der Waals surface area contributed by atoms with Crippen LogP contribution in [-0.2, 0) is 0 Å². The van der Waals surface area contributed by atoms with E-state index in [0.717, 1.165) is 6.42 Å². The highest BCUT2D eigenvalue weighted by molar-refractivity contribution is 5.96. The van der Waals surface area contributed by atoms with E-state index in [1.807, 2.05) is 0 Å². The minimum atomic E-state index is -0.340. The maximum absolute atomic E-state index is 12.3. The molecule has 0 saturated carbocycles. The number of aromatic hydroxyl groups is 2.